The van der Waals surface area contributed by atoms with Crippen molar-refractivity contribution in [2.75, 3.05) is 37.8 Å². The van der Waals surface area contributed by atoms with E-state index in [1.165, 1.54) is 5.56 Å². The third-order valence-electron chi connectivity index (χ3n) is 4.55. The van der Waals surface area contributed by atoms with Crippen LogP contribution in [0.2, 0.25) is 0 Å². The molecule has 1 fully saturated rings. The number of nitrogens with one attached hydrogen (secondary N) is 1. The lowest BCUT2D eigenvalue weighted by molar-refractivity contribution is 0.181. The summed E-state index contributed by atoms with van der Waals surface area (Å²) >= 11 is 0. The lowest BCUT2D eigenvalue weighted by atomic mass is 10.1. The number of pyridine rings is 1. The molecule has 25 heavy (non-hydrogen) atoms. The fourth-order valence-electron chi connectivity index (χ4n) is 2.85. The third-order valence-corrected chi connectivity index (χ3v) is 4.55. The van der Waals surface area contributed by atoms with Gasteiger partial charge in [-0.3, -0.25) is 0 Å². The number of aromatic nitrogens is 1. The van der Waals surface area contributed by atoms with Crippen LogP contribution in [-0.4, -0.2) is 48.8 Å². The number of rotatable bonds is 4. The van der Waals surface area contributed by atoms with Crippen LogP contribution in [0.25, 0.3) is 0 Å². The van der Waals surface area contributed by atoms with Crippen molar-refractivity contribution in [2.24, 2.45) is 0 Å². The monoisotopic (exact) mass is 340 g/mol. The SMILES string of the molecule is Cc1cccc(OCNC(=O)N2CCN(c3ccccn3)CC2)c1C. The molecule has 0 bridgehead atoms. The molecule has 1 N–H and O–H groups in total. The van der Waals surface area contributed by atoms with Gasteiger partial charge in [0.15, 0.2) is 6.73 Å². The summed E-state index contributed by atoms with van der Waals surface area (Å²) in [4.78, 5) is 20.6. The van der Waals surface area contributed by atoms with Gasteiger partial charge in [0.1, 0.15) is 11.6 Å². The molecule has 1 aliphatic rings. The Morgan fingerprint density at radius 2 is 1.92 bits per heavy atom. The number of ether oxygens (including phenoxy) is 1. The minimum Gasteiger partial charge on any atom is -0.473 e. The number of nitrogens with zero attached hydrogens (tertiary/aromatic N) is 3. The first-order valence-electron chi connectivity index (χ1n) is 8.53. The molecule has 0 radical (unpaired) electrons. The Kier molecular flexibility index (Phi) is 5.38. The van der Waals surface area contributed by atoms with Gasteiger partial charge in [0, 0.05) is 32.4 Å². The standard InChI is InChI=1S/C19H24N4O2/c1-15-6-5-7-17(16(15)2)25-14-21-19(24)23-12-10-22(11-13-23)18-8-3-4-9-20-18/h3-9H,10-14H2,1-2H3,(H,21,24). The Morgan fingerprint density at radius 3 is 2.64 bits per heavy atom. The topological polar surface area (TPSA) is 57.7 Å². The number of aryl methyl sites for hydroxylation is 1. The zero-order chi connectivity index (χ0) is 17.6. The van der Waals surface area contributed by atoms with Crippen LogP contribution in [0.15, 0.2) is 42.6 Å². The van der Waals surface area contributed by atoms with E-state index in [1.807, 2.05) is 55.1 Å². The minimum absolute atomic E-state index is 0.0917. The van der Waals surface area contributed by atoms with Crippen molar-refractivity contribution in [1.82, 2.24) is 15.2 Å². The number of hydrogen-bond donors (Lipinski definition) is 1. The zero-order valence-corrected chi connectivity index (χ0v) is 14.7. The molecule has 1 saturated heterocycles. The largest absolute Gasteiger partial charge is 0.473 e. The third kappa shape index (κ3) is 4.21. The van der Waals surface area contributed by atoms with Crippen LogP contribution >= 0.6 is 0 Å². The quantitative estimate of drug-likeness (QED) is 0.869. The molecule has 0 saturated carbocycles. The molecule has 0 spiro atoms. The summed E-state index contributed by atoms with van der Waals surface area (Å²) in [5.41, 5.74) is 2.27. The van der Waals surface area contributed by atoms with E-state index < -0.39 is 0 Å². The number of anilines is 1. The normalized spacial score (nSPS) is 14.3. The highest BCUT2D eigenvalue weighted by atomic mass is 16.5. The van der Waals surface area contributed by atoms with Crippen molar-refractivity contribution in [3.05, 3.63) is 53.7 Å². The molecule has 6 nitrogen and oxygen atoms in total. The lowest BCUT2D eigenvalue weighted by Gasteiger charge is -2.35. The highest BCUT2D eigenvalue weighted by Crippen LogP contribution is 2.20. The van der Waals surface area contributed by atoms with E-state index in [9.17, 15) is 4.79 Å². The fourth-order valence-corrected chi connectivity index (χ4v) is 2.85. The predicted octanol–water partition coefficient (Wildman–Crippen LogP) is 2.57. The van der Waals surface area contributed by atoms with Gasteiger partial charge < -0.3 is 19.9 Å². The Morgan fingerprint density at radius 1 is 1.12 bits per heavy atom. The van der Waals surface area contributed by atoms with Crippen LogP contribution in [0.3, 0.4) is 0 Å². The minimum atomic E-state index is -0.0917. The zero-order valence-electron chi connectivity index (χ0n) is 14.7. The fraction of sp³-hybridized carbons (Fsp3) is 0.368. The van der Waals surface area contributed by atoms with Crippen molar-refractivity contribution in [1.29, 1.82) is 0 Å². The van der Waals surface area contributed by atoms with Crippen molar-refractivity contribution in [3.63, 3.8) is 0 Å². The number of piperazine rings is 1. The second-order valence-electron chi connectivity index (χ2n) is 6.13. The van der Waals surface area contributed by atoms with Crippen LogP contribution in [0.4, 0.5) is 10.6 Å². The average Bonchev–Trinajstić information content (AvgIpc) is 2.66. The maximum Gasteiger partial charge on any atom is 0.320 e. The van der Waals surface area contributed by atoms with Crippen molar-refractivity contribution in [3.8, 4) is 5.75 Å². The van der Waals surface area contributed by atoms with Crippen LogP contribution in [-0.2, 0) is 0 Å². The molecule has 2 heterocycles. The van der Waals surface area contributed by atoms with Crippen molar-refractivity contribution >= 4 is 11.8 Å². The maximum atomic E-state index is 12.3. The number of benzene rings is 1. The summed E-state index contributed by atoms with van der Waals surface area (Å²) < 4.78 is 5.69. The smallest absolute Gasteiger partial charge is 0.320 e. The molecule has 1 aromatic heterocycles. The molecular weight excluding hydrogens is 316 g/mol. The Balaban J connectivity index is 1.44. The van der Waals surface area contributed by atoms with E-state index in [0.717, 1.165) is 30.2 Å². The summed E-state index contributed by atoms with van der Waals surface area (Å²) in [6, 6.07) is 11.7. The van der Waals surface area contributed by atoms with Gasteiger partial charge in [-0.1, -0.05) is 18.2 Å². The summed E-state index contributed by atoms with van der Waals surface area (Å²) in [6.45, 7) is 7.14. The van der Waals surface area contributed by atoms with Crippen LogP contribution in [0, 0.1) is 13.8 Å². The highest BCUT2D eigenvalue weighted by molar-refractivity contribution is 5.74. The van der Waals surface area contributed by atoms with E-state index in [4.69, 9.17) is 4.74 Å². The van der Waals surface area contributed by atoms with Gasteiger partial charge in [-0.05, 0) is 43.2 Å². The van der Waals surface area contributed by atoms with Crippen LogP contribution in [0.1, 0.15) is 11.1 Å². The number of carbonyl (C=O) groups excluding carboxylic acids is 1. The molecular formula is C19H24N4O2. The van der Waals surface area contributed by atoms with Crippen LogP contribution in [0.5, 0.6) is 5.75 Å². The van der Waals surface area contributed by atoms with E-state index in [-0.39, 0.29) is 12.8 Å². The van der Waals surface area contributed by atoms with Gasteiger partial charge in [-0.2, -0.15) is 0 Å². The Bertz CT molecular complexity index is 713. The Hall–Kier alpha value is -2.76. The first kappa shape index (κ1) is 17.1. The predicted molar refractivity (Wildman–Crippen MR) is 98.0 cm³/mol. The molecule has 2 aromatic rings. The van der Waals surface area contributed by atoms with Gasteiger partial charge in [0.25, 0.3) is 0 Å². The van der Waals surface area contributed by atoms with Gasteiger partial charge in [-0.15, -0.1) is 0 Å². The maximum absolute atomic E-state index is 12.3. The summed E-state index contributed by atoms with van der Waals surface area (Å²) in [6.07, 6.45) is 1.79. The molecule has 0 atom stereocenters. The van der Waals surface area contributed by atoms with Gasteiger partial charge in [0.2, 0.25) is 0 Å². The second kappa shape index (κ2) is 7.88. The Labute approximate surface area is 148 Å². The summed E-state index contributed by atoms with van der Waals surface area (Å²) in [5, 5.41) is 2.83. The first-order chi connectivity index (χ1) is 12.1. The summed E-state index contributed by atoms with van der Waals surface area (Å²) in [5.74, 6) is 1.76. The molecule has 1 aromatic carbocycles. The molecule has 0 aliphatic carbocycles. The number of urea groups is 1. The summed E-state index contributed by atoms with van der Waals surface area (Å²) in [7, 11) is 0. The van der Waals surface area contributed by atoms with E-state index in [0.29, 0.717) is 13.1 Å². The van der Waals surface area contributed by atoms with E-state index in [1.54, 1.807) is 6.20 Å². The number of amides is 2. The van der Waals surface area contributed by atoms with Crippen molar-refractivity contribution < 1.29 is 9.53 Å². The van der Waals surface area contributed by atoms with Crippen molar-refractivity contribution in [2.45, 2.75) is 13.8 Å². The van der Waals surface area contributed by atoms with Crippen LogP contribution < -0.4 is 15.0 Å². The highest BCUT2D eigenvalue weighted by Gasteiger charge is 2.21. The molecule has 2 amide bonds. The second-order valence-corrected chi connectivity index (χ2v) is 6.13. The number of carbonyl (C=O) groups is 1. The van der Waals surface area contributed by atoms with Gasteiger partial charge in [0.05, 0.1) is 0 Å². The average molecular weight is 340 g/mol. The number of hydrogen-bond acceptors (Lipinski definition) is 4. The van der Waals surface area contributed by atoms with Gasteiger partial charge in [-0.25, -0.2) is 9.78 Å². The molecule has 132 valence electrons. The molecule has 3 rings (SSSR count). The van der Waals surface area contributed by atoms with Gasteiger partial charge >= 0.3 is 6.03 Å². The van der Waals surface area contributed by atoms with E-state index >= 15 is 0 Å². The molecule has 0 unspecified atom stereocenters. The van der Waals surface area contributed by atoms with E-state index in [2.05, 4.69) is 15.2 Å². The molecule has 6 heteroatoms. The molecule has 1 aliphatic heterocycles. The lowest BCUT2D eigenvalue weighted by Crippen LogP contribution is -2.52. The first-order valence-corrected chi connectivity index (χ1v) is 8.53.